The van der Waals surface area contributed by atoms with E-state index in [9.17, 15) is 4.79 Å². The standard InChI is InChI=1S/C22H33N3O.2ClH/c26-21(22-11-5-4-10-20(22)15-23-17-22)24-14-18-8-2-3-9-19(18)16-25-12-6-1-7-13-25;;/h2-3,8-9,20,23H,1,4-7,10-17H2,(H,24,26);2*1H/t20-,22+;;/m0../s1. The quantitative estimate of drug-likeness (QED) is 0.748. The molecule has 28 heavy (non-hydrogen) atoms. The van der Waals surface area contributed by atoms with Gasteiger partial charge in [0, 0.05) is 19.6 Å². The van der Waals surface area contributed by atoms with Gasteiger partial charge in [-0.05, 0) is 62.4 Å². The zero-order chi connectivity index (χ0) is 17.8. The van der Waals surface area contributed by atoms with Crippen LogP contribution in [-0.4, -0.2) is 37.0 Å². The number of nitrogens with one attached hydrogen (secondary N) is 2. The Kier molecular flexibility index (Phi) is 9.07. The summed E-state index contributed by atoms with van der Waals surface area (Å²) in [5, 5.41) is 6.79. The van der Waals surface area contributed by atoms with E-state index in [1.54, 1.807) is 0 Å². The van der Waals surface area contributed by atoms with Crippen LogP contribution in [0.1, 0.15) is 56.1 Å². The van der Waals surface area contributed by atoms with Gasteiger partial charge in [-0.3, -0.25) is 9.69 Å². The van der Waals surface area contributed by atoms with Gasteiger partial charge in [0.2, 0.25) is 5.91 Å². The molecule has 1 aliphatic carbocycles. The van der Waals surface area contributed by atoms with Crippen molar-refractivity contribution in [1.29, 1.82) is 0 Å². The number of halogens is 2. The Labute approximate surface area is 182 Å². The van der Waals surface area contributed by atoms with Crippen molar-refractivity contribution in [3.05, 3.63) is 35.4 Å². The van der Waals surface area contributed by atoms with Crippen LogP contribution in [0.25, 0.3) is 0 Å². The van der Waals surface area contributed by atoms with E-state index in [1.165, 1.54) is 62.7 Å². The third kappa shape index (κ3) is 5.02. The van der Waals surface area contributed by atoms with Crippen molar-refractivity contribution >= 4 is 30.7 Å². The molecule has 2 atom stereocenters. The van der Waals surface area contributed by atoms with Gasteiger partial charge in [-0.15, -0.1) is 24.8 Å². The molecule has 0 bridgehead atoms. The number of hydrogen-bond donors (Lipinski definition) is 2. The van der Waals surface area contributed by atoms with Crippen LogP contribution >= 0.6 is 24.8 Å². The van der Waals surface area contributed by atoms with Gasteiger partial charge in [-0.1, -0.05) is 43.5 Å². The Bertz CT molecular complexity index is 636. The maximum absolute atomic E-state index is 13.1. The monoisotopic (exact) mass is 427 g/mol. The molecule has 4 nitrogen and oxygen atoms in total. The summed E-state index contributed by atoms with van der Waals surface area (Å²) in [5.41, 5.74) is 2.50. The number of carbonyl (C=O) groups is 1. The molecular weight excluding hydrogens is 393 g/mol. The highest BCUT2D eigenvalue weighted by molar-refractivity contribution is 5.85. The SMILES string of the molecule is Cl.Cl.O=C(NCc1ccccc1CN1CCCCC1)[C@@]12CCCC[C@H]1CNC2. The van der Waals surface area contributed by atoms with E-state index in [4.69, 9.17) is 0 Å². The van der Waals surface area contributed by atoms with Gasteiger partial charge in [0.15, 0.2) is 0 Å². The van der Waals surface area contributed by atoms with Crippen LogP contribution in [0.2, 0.25) is 0 Å². The van der Waals surface area contributed by atoms with Crippen molar-refractivity contribution in [2.45, 2.75) is 58.0 Å². The Morgan fingerprint density at radius 3 is 2.61 bits per heavy atom. The van der Waals surface area contributed by atoms with Crippen molar-refractivity contribution in [2.75, 3.05) is 26.2 Å². The van der Waals surface area contributed by atoms with Crippen LogP contribution < -0.4 is 10.6 Å². The summed E-state index contributed by atoms with van der Waals surface area (Å²) in [7, 11) is 0. The van der Waals surface area contributed by atoms with Crippen molar-refractivity contribution in [1.82, 2.24) is 15.5 Å². The number of carbonyl (C=O) groups excluding carboxylic acids is 1. The average molecular weight is 428 g/mol. The maximum Gasteiger partial charge on any atom is 0.228 e. The summed E-state index contributed by atoms with van der Waals surface area (Å²) in [5.74, 6) is 0.805. The largest absolute Gasteiger partial charge is 0.351 e. The number of fused-ring (bicyclic) bond motifs is 1. The van der Waals surface area contributed by atoms with Gasteiger partial charge >= 0.3 is 0 Å². The Balaban J connectivity index is 0.00000140. The molecule has 0 aromatic heterocycles. The number of hydrogen-bond acceptors (Lipinski definition) is 3. The minimum absolute atomic E-state index is 0. The highest BCUT2D eigenvalue weighted by atomic mass is 35.5. The Morgan fingerprint density at radius 1 is 1.07 bits per heavy atom. The zero-order valence-electron chi connectivity index (χ0n) is 16.8. The molecule has 2 aliphatic heterocycles. The lowest BCUT2D eigenvalue weighted by Crippen LogP contribution is -2.47. The molecule has 3 aliphatic rings. The van der Waals surface area contributed by atoms with Gasteiger partial charge < -0.3 is 10.6 Å². The van der Waals surface area contributed by atoms with Gasteiger partial charge in [-0.2, -0.15) is 0 Å². The summed E-state index contributed by atoms with van der Waals surface area (Å²) < 4.78 is 0. The molecule has 3 fully saturated rings. The van der Waals surface area contributed by atoms with E-state index in [0.717, 1.165) is 26.1 Å². The summed E-state index contributed by atoms with van der Waals surface area (Å²) in [6, 6.07) is 8.64. The smallest absolute Gasteiger partial charge is 0.228 e. The highest BCUT2D eigenvalue weighted by Gasteiger charge is 2.49. The zero-order valence-corrected chi connectivity index (χ0v) is 18.4. The van der Waals surface area contributed by atoms with Crippen LogP contribution in [0.3, 0.4) is 0 Å². The average Bonchev–Trinajstić information content (AvgIpc) is 3.13. The van der Waals surface area contributed by atoms with Crippen LogP contribution in [0.15, 0.2) is 24.3 Å². The molecule has 158 valence electrons. The van der Waals surface area contributed by atoms with Crippen LogP contribution in [0.4, 0.5) is 0 Å². The van der Waals surface area contributed by atoms with E-state index < -0.39 is 0 Å². The second kappa shape index (κ2) is 10.8. The minimum Gasteiger partial charge on any atom is -0.351 e. The maximum atomic E-state index is 13.1. The van der Waals surface area contributed by atoms with Crippen LogP contribution in [0.5, 0.6) is 0 Å². The third-order valence-corrected chi connectivity index (χ3v) is 6.89. The normalized spacial score (nSPS) is 27.2. The summed E-state index contributed by atoms with van der Waals surface area (Å²) in [6.07, 6.45) is 8.71. The molecule has 2 N–H and O–H groups in total. The number of likely N-dealkylation sites (tertiary alicyclic amines) is 1. The molecule has 0 unspecified atom stereocenters. The minimum atomic E-state index is -0.153. The molecule has 2 heterocycles. The number of amides is 1. The predicted molar refractivity (Wildman–Crippen MR) is 119 cm³/mol. The lowest BCUT2D eigenvalue weighted by Gasteiger charge is -2.37. The van der Waals surface area contributed by atoms with Gasteiger partial charge in [-0.25, -0.2) is 0 Å². The first-order valence-electron chi connectivity index (χ1n) is 10.6. The fraction of sp³-hybridized carbons (Fsp3) is 0.682. The van der Waals surface area contributed by atoms with E-state index in [2.05, 4.69) is 39.8 Å². The molecule has 6 heteroatoms. The first-order valence-corrected chi connectivity index (χ1v) is 10.6. The molecule has 1 aromatic carbocycles. The number of piperidine rings is 1. The van der Waals surface area contributed by atoms with E-state index in [1.807, 2.05) is 0 Å². The highest BCUT2D eigenvalue weighted by Crippen LogP contribution is 2.43. The van der Waals surface area contributed by atoms with Crippen molar-refractivity contribution in [2.24, 2.45) is 11.3 Å². The van der Waals surface area contributed by atoms with E-state index in [0.29, 0.717) is 12.5 Å². The molecular formula is C22H35Cl2N3O. The molecule has 4 rings (SSSR count). The lowest BCUT2D eigenvalue weighted by atomic mass is 9.67. The van der Waals surface area contributed by atoms with E-state index >= 15 is 0 Å². The Morgan fingerprint density at radius 2 is 1.82 bits per heavy atom. The molecule has 2 saturated heterocycles. The van der Waals surface area contributed by atoms with Gasteiger partial charge in [0.25, 0.3) is 0 Å². The van der Waals surface area contributed by atoms with E-state index in [-0.39, 0.29) is 36.1 Å². The summed E-state index contributed by atoms with van der Waals surface area (Å²) in [6.45, 7) is 5.96. The predicted octanol–water partition coefficient (Wildman–Crippen LogP) is 3.91. The second-order valence-corrected chi connectivity index (χ2v) is 8.52. The summed E-state index contributed by atoms with van der Waals surface area (Å²) >= 11 is 0. The van der Waals surface area contributed by atoms with Gasteiger partial charge in [0.05, 0.1) is 5.41 Å². The first kappa shape index (κ1) is 23.5. The number of nitrogens with zero attached hydrogens (tertiary/aromatic N) is 1. The van der Waals surface area contributed by atoms with Crippen LogP contribution in [-0.2, 0) is 17.9 Å². The van der Waals surface area contributed by atoms with Crippen LogP contribution in [0, 0.1) is 11.3 Å². The third-order valence-electron chi connectivity index (χ3n) is 6.89. The summed E-state index contributed by atoms with van der Waals surface area (Å²) in [4.78, 5) is 15.7. The molecule has 0 spiro atoms. The fourth-order valence-electron chi connectivity index (χ4n) is 5.28. The molecule has 1 aromatic rings. The number of rotatable bonds is 5. The Hall–Kier alpha value is -0.810. The first-order chi connectivity index (χ1) is 12.8. The van der Waals surface area contributed by atoms with Crippen molar-refractivity contribution in [3.8, 4) is 0 Å². The number of benzene rings is 1. The second-order valence-electron chi connectivity index (χ2n) is 8.52. The van der Waals surface area contributed by atoms with Crippen molar-refractivity contribution < 1.29 is 4.79 Å². The fourth-order valence-corrected chi connectivity index (χ4v) is 5.28. The molecule has 1 amide bonds. The lowest BCUT2D eigenvalue weighted by molar-refractivity contribution is -0.134. The van der Waals surface area contributed by atoms with Gasteiger partial charge in [0.1, 0.15) is 0 Å². The molecule has 0 radical (unpaired) electrons. The molecule has 1 saturated carbocycles. The topological polar surface area (TPSA) is 44.4 Å². The van der Waals surface area contributed by atoms with Crippen molar-refractivity contribution in [3.63, 3.8) is 0 Å².